The summed E-state index contributed by atoms with van der Waals surface area (Å²) in [7, 11) is 0. The van der Waals surface area contributed by atoms with E-state index < -0.39 is 5.97 Å². The summed E-state index contributed by atoms with van der Waals surface area (Å²) in [5.41, 5.74) is 0.211. The van der Waals surface area contributed by atoms with E-state index in [4.69, 9.17) is 18.9 Å². The van der Waals surface area contributed by atoms with Gasteiger partial charge in [-0.15, -0.1) is 0 Å². The second kappa shape index (κ2) is 12.6. The van der Waals surface area contributed by atoms with E-state index in [1.54, 1.807) is 6.92 Å². The van der Waals surface area contributed by atoms with Gasteiger partial charge in [-0.2, -0.15) is 0 Å². The summed E-state index contributed by atoms with van der Waals surface area (Å²) in [6.07, 6.45) is 20.0. The Labute approximate surface area is 242 Å². The maximum absolute atomic E-state index is 12.3. The normalized spacial score (nSPS) is 38.5. The summed E-state index contributed by atoms with van der Waals surface area (Å²) >= 11 is 0. The summed E-state index contributed by atoms with van der Waals surface area (Å²) in [6.45, 7) is 9.38. The molecule has 0 radical (unpaired) electrons. The molecule has 228 valence electrons. The zero-order valence-electron chi connectivity index (χ0n) is 25.7. The van der Waals surface area contributed by atoms with E-state index in [1.807, 2.05) is 0 Å². The van der Waals surface area contributed by atoms with Gasteiger partial charge in [0, 0.05) is 12.0 Å². The molecule has 0 amide bonds. The minimum Gasteiger partial charge on any atom is -0.497 e. The number of carboxylic acids is 1. The molecule has 2 saturated heterocycles. The van der Waals surface area contributed by atoms with Crippen molar-refractivity contribution >= 4 is 5.97 Å². The van der Waals surface area contributed by atoms with Crippen molar-refractivity contribution in [2.45, 2.75) is 153 Å². The molecule has 4 bridgehead atoms. The maximum atomic E-state index is 12.3. The van der Waals surface area contributed by atoms with Crippen LogP contribution in [0.3, 0.4) is 0 Å². The number of hydrogen-bond acceptors (Lipinski definition) is 5. The van der Waals surface area contributed by atoms with Crippen LogP contribution >= 0.6 is 0 Å². The second-order valence-corrected chi connectivity index (χ2v) is 14.4. The summed E-state index contributed by atoms with van der Waals surface area (Å²) in [5, 5.41) is 10.1. The summed E-state index contributed by atoms with van der Waals surface area (Å²) in [5.74, 6) is 1.13. The van der Waals surface area contributed by atoms with E-state index in [0.717, 1.165) is 96.2 Å². The number of rotatable bonds is 18. The number of carbonyl (C=O) groups is 1. The van der Waals surface area contributed by atoms with Gasteiger partial charge in [0.25, 0.3) is 0 Å². The van der Waals surface area contributed by atoms with E-state index in [9.17, 15) is 9.90 Å². The van der Waals surface area contributed by atoms with E-state index in [-0.39, 0.29) is 22.2 Å². The van der Waals surface area contributed by atoms with E-state index in [2.05, 4.69) is 13.8 Å². The number of hydrogen-bond donors (Lipinski definition) is 1. The van der Waals surface area contributed by atoms with E-state index >= 15 is 0 Å². The fourth-order valence-corrected chi connectivity index (χ4v) is 9.44. The molecule has 6 nitrogen and oxygen atoms in total. The van der Waals surface area contributed by atoms with Crippen molar-refractivity contribution in [3.8, 4) is 0 Å². The molecular formula is C34H56O6. The molecule has 40 heavy (non-hydrogen) atoms. The van der Waals surface area contributed by atoms with Gasteiger partial charge in [0.1, 0.15) is 5.76 Å². The first-order valence-corrected chi connectivity index (χ1v) is 16.8. The molecule has 6 aliphatic rings. The van der Waals surface area contributed by atoms with Crippen molar-refractivity contribution < 1.29 is 28.8 Å². The molecule has 0 spiro atoms. The minimum absolute atomic E-state index is 0.0311. The van der Waals surface area contributed by atoms with Gasteiger partial charge in [0.2, 0.25) is 0 Å². The van der Waals surface area contributed by atoms with Gasteiger partial charge in [-0.1, -0.05) is 39.5 Å². The molecule has 0 aromatic heterocycles. The van der Waals surface area contributed by atoms with Crippen LogP contribution in [0, 0.1) is 17.3 Å². The Morgan fingerprint density at radius 1 is 0.825 bits per heavy atom. The van der Waals surface area contributed by atoms with Crippen LogP contribution in [-0.2, 0) is 23.7 Å². The fourth-order valence-electron chi connectivity index (χ4n) is 9.44. The quantitative estimate of drug-likeness (QED) is 0.104. The Bertz CT molecular complexity index is 886. The van der Waals surface area contributed by atoms with E-state index in [0.29, 0.717) is 24.0 Å². The highest BCUT2D eigenvalue weighted by Gasteiger charge is 2.61. The van der Waals surface area contributed by atoms with Gasteiger partial charge in [0.15, 0.2) is 0 Å². The summed E-state index contributed by atoms with van der Waals surface area (Å²) in [6, 6.07) is 0. The van der Waals surface area contributed by atoms with Gasteiger partial charge in [-0.3, -0.25) is 0 Å². The Kier molecular flexibility index (Phi) is 9.58. The first-order chi connectivity index (χ1) is 19.3. The summed E-state index contributed by atoms with van der Waals surface area (Å²) < 4.78 is 25.5. The standard InChI is InChI=1S/C34H56O6/c1-4-6-10-32(14-18-39-32)12-8-16-37-29(26(3)30(35)36)31-21-27-20-28(22-31)24-34(23-27,25-31)38-17-9-13-33(11-7-5-2)15-19-40-33/h27-28H,4-25H2,1-3H3,(H,35,36). The van der Waals surface area contributed by atoms with Crippen LogP contribution in [-0.4, -0.2) is 54.3 Å². The first kappa shape index (κ1) is 30.4. The van der Waals surface area contributed by atoms with Crippen LogP contribution in [0.2, 0.25) is 0 Å². The molecule has 6 heteroatoms. The Morgan fingerprint density at radius 3 is 1.82 bits per heavy atom. The van der Waals surface area contributed by atoms with E-state index in [1.165, 1.54) is 44.9 Å². The Hall–Kier alpha value is -1.11. The molecule has 0 aromatic carbocycles. The smallest absolute Gasteiger partial charge is 0.334 e. The zero-order valence-corrected chi connectivity index (χ0v) is 25.7. The number of ether oxygens (including phenoxy) is 4. The number of aliphatic carboxylic acids is 1. The van der Waals surface area contributed by atoms with Crippen molar-refractivity contribution in [3.05, 3.63) is 11.3 Å². The lowest BCUT2D eigenvalue weighted by Gasteiger charge is -2.62. The lowest BCUT2D eigenvalue weighted by molar-refractivity contribution is -0.198. The first-order valence-electron chi connectivity index (χ1n) is 16.8. The molecule has 0 aromatic rings. The molecule has 4 saturated carbocycles. The average molecular weight is 561 g/mol. The Morgan fingerprint density at radius 2 is 1.35 bits per heavy atom. The third-order valence-electron chi connectivity index (χ3n) is 11.3. The van der Waals surface area contributed by atoms with Crippen molar-refractivity contribution in [1.82, 2.24) is 0 Å². The number of allylic oxidation sites excluding steroid dienone is 1. The van der Waals surface area contributed by atoms with Crippen molar-refractivity contribution in [2.75, 3.05) is 26.4 Å². The predicted octanol–water partition coefficient (Wildman–Crippen LogP) is 7.98. The largest absolute Gasteiger partial charge is 0.497 e. The SMILES string of the molecule is CCCCC1(CCCOC(=C(C)C(=O)O)C23CC4CC(CC(OCCCC5(CCCC)CCO5)(C4)C2)C3)CCO1. The van der Waals surface area contributed by atoms with Gasteiger partial charge in [0.05, 0.1) is 42.2 Å². The molecule has 1 N–H and O–H groups in total. The molecule has 4 aliphatic carbocycles. The second-order valence-electron chi connectivity index (χ2n) is 14.4. The molecule has 4 unspecified atom stereocenters. The maximum Gasteiger partial charge on any atom is 0.334 e. The van der Waals surface area contributed by atoms with Crippen LogP contribution in [0.4, 0.5) is 0 Å². The number of carboxylic acid groups (broad SMARTS) is 1. The fraction of sp³-hybridized carbons (Fsp3) is 0.912. The predicted molar refractivity (Wildman–Crippen MR) is 156 cm³/mol. The molecular weight excluding hydrogens is 504 g/mol. The number of unbranched alkanes of at least 4 members (excludes halogenated alkanes) is 2. The van der Waals surface area contributed by atoms with Gasteiger partial charge in [-0.05, 0) is 109 Å². The van der Waals surface area contributed by atoms with Crippen molar-refractivity contribution in [2.24, 2.45) is 17.3 Å². The van der Waals surface area contributed by atoms with Gasteiger partial charge < -0.3 is 24.1 Å². The van der Waals surface area contributed by atoms with Gasteiger partial charge >= 0.3 is 5.97 Å². The molecule has 2 aliphatic heterocycles. The highest BCUT2D eigenvalue weighted by molar-refractivity contribution is 5.86. The third-order valence-corrected chi connectivity index (χ3v) is 11.3. The minimum atomic E-state index is -0.847. The van der Waals surface area contributed by atoms with Crippen molar-refractivity contribution in [3.63, 3.8) is 0 Å². The summed E-state index contributed by atoms with van der Waals surface area (Å²) in [4.78, 5) is 12.3. The van der Waals surface area contributed by atoms with Gasteiger partial charge in [-0.25, -0.2) is 4.79 Å². The highest BCUT2D eigenvalue weighted by atomic mass is 16.5. The van der Waals surface area contributed by atoms with Crippen LogP contribution < -0.4 is 0 Å². The average Bonchev–Trinajstić information content (AvgIpc) is 2.87. The Balaban J connectivity index is 1.21. The van der Waals surface area contributed by atoms with Crippen LogP contribution in [0.1, 0.15) is 136 Å². The lowest BCUT2D eigenvalue weighted by Crippen LogP contribution is -2.58. The van der Waals surface area contributed by atoms with Crippen LogP contribution in [0.25, 0.3) is 0 Å². The molecule has 6 rings (SSSR count). The lowest BCUT2D eigenvalue weighted by atomic mass is 9.47. The third kappa shape index (κ3) is 6.44. The highest BCUT2D eigenvalue weighted by Crippen LogP contribution is 2.65. The van der Waals surface area contributed by atoms with Crippen LogP contribution in [0.15, 0.2) is 11.3 Å². The monoisotopic (exact) mass is 560 g/mol. The molecule has 6 fully saturated rings. The molecule has 4 atom stereocenters. The van der Waals surface area contributed by atoms with Crippen LogP contribution in [0.5, 0.6) is 0 Å². The topological polar surface area (TPSA) is 74.2 Å². The van der Waals surface area contributed by atoms with Crippen molar-refractivity contribution in [1.29, 1.82) is 0 Å². The molecule has 2 heterocycles. The zero-order chi connectivity index (χ0) is 28.3.